The van der Waals surface area contributed by atoms with Gasteiger partial charge < -0.3 is 10.6 Å². The van der Waals surface area contributed by atoms with Crippen molar-refractivity contribution in [2.75, 3.05) is 20.6 Å². The Morgan fingerprint density at radius 3 is 2.07 bits per heavy atom. The molecule has 0 spiro atoms. The van der Waals surface area contributed by atoms with Gasteiger partial charge in [-0.1, -0.05) is 31.2 Å². The summed E-state index contributed by atoms with van der Waals surface area (Å²) in [5.41, 5.74) is 8.50. The molecule has 1 atom stereocenters. The molecule has 1 unspecified atom stereocenters. The second-order valence-electron chi connectivity index (χ2n) is 4.23. The summed E-state index contributed by atoms with van der Waals surface area (Å²) >= 11 is 0. The molecule has 1 rings (SSSR count). The van der Waals surface area contributed by atoms with Gasteiger partial charge in [-0.05, 0) is 38.1 Å². The van der Waals surface area contributed by atoms with Gasteiger partial charge in [0, 0.05) is 12.6 Å². The largest absolute Gasteiger partial charge is 0.329 e. The Hall–Kier alpha value is -0.860. The van der Waals surface area contributed by atoms with Crippen molar-refractivity contribution in [3.05, 3.63) is 35.4 Å². The summed E-state index contributed by atoms with van der Waals surface area (Å²) in [5.74, 6) is 0. The van der Waals surface area contributed by atoms with Crippen LogP contribution in [0.2, 0.25) is 0 Å². The standard InChI is InChI=1S/C13H22N2/c1-4-11-5-7-12(8-6-11)9-13(10-14)15(2)3/h5-8,13H,4,9-10,14H2,1-3H3. The van der Waals surface area contributed by atoms with Crippen LogP contribution in [0, 0.1) is 0 Å². The smallest absolute Gasteiger partial charge is 0.0252 e. The summed E-state index contributed by atoms with van der Waals surface area (Å²) in [6, 6.07) is 9.28. The van der Waals surface area contributed by atoms with Crippen molar-refractivity contribution in [1.82, 2.24) is 4.90 Å². The summed E-state index contributed by atoms with van der Waals surface area (Å²) < 4.78 is 0. The predicted octanol–water partition coefficient (Wildman–Crippen LogP) is 1.68. The number of benzene rings is 1. The third-order valence-corrected chi connectivity index (χ3v) is 2.90. The minimum Gasteiger partial charge on any atom is -0.329 e. The molecule has 84 valence electrons. The van der Waals surface area contributed by atoms with E-state index in [1.807, 2.05) is 0 Å². The number of hydrogen-bond donors (Lipinski definition) is 1. The van der Waals surface area contributed by atoms with Crippen molar-refractivity contribution in [3.8, 4) is 0 Å². The molecule has 2 N–H and O–H groups in total. The predicted molar refractivity (Wildman–Crippen MR) is 66.1 cm³/mol. The van der Waals surface area contributed by atoms with Gasteiger partial charge in [-0.25, -0.2) is 0 Å². The molecule has 0 aliphatic carbocycles. The van der Waals surface area contributed by atoms with E-state index in [1.165, 1.54) is 11.1 Å². The Labute approximate surface area is 93.1 Å². The molecule has 0 amide bonds. The van der Waals surface area contributed by atoms with Gasteiger partial charge in [0.1, 0.15) is 0 Å². The fourth-order valence-electron chi connectivity index (χ4n) is 1.66. The maximum atomic E-state index is 5.74. The first-order valence-corrected chi connectivity index (χ1v) is 5.61. The third-order valence-electron chi connectivity index (χ3n) is 2.90. The second kappa shape index (κ2) is 5.89. The molecule has 0 bridgehead atoms. The zero-order valence-corrected chi connectivity index (χ0v) is 10.0. The fourth-order valence-corrected chi connectivity index (χ4v) is 1.66. The summed E-state index contributed by atoms with van der Waals surface area (Å²) in [4.78, 5) is 2.19. The zero-order valence-electron chi connectivity index (χ0n) is 10.0. The zero-order chi connectivity index (χ0) is 11.3. The monoisotopic (exact) mass is 206 g/mol. The van der Waals surface area contributed by atoms with Crippen molar-refractivity contribution < 1.29 is 0 Å². The van der Waals surface area contributed by atoms with E-state index in [1.54, 1.807) is 0 Å². The molecule has 0 saturated heterocycles. The Balaban J connectivity index is 2.63. The highest BCUT2D eigenvalue weighted by atomic mass is 15.1. The quantitative estimate of drug-likeness (QED) is 0.794. The molecule has 0 radical (unpaired) electrons. The van der Waals surface area contributed by atoms with Crippen LogP contribution in [0.1, 0.15) is 18.1 Å². The second-order valence-corrected chi connectivity index (χ2v) is 4.23. The van der Waals surface area contributed by atoms with Crippen molar-refractivity contribution in [1.29, 1.82) is 0 Å². The van der Waals surface area contributed by atoms with Gasteiger partial charge in [0.2, 0.25) is 0 Å². The molecule has 15 heavy (non-hydrogen) atoms. The van der Waals surface area contributed by atoms with Gasteiger partial charge in [-0.2, -0.15) is 0 Å². The number of hydrogen-bond acceptors (Lipinski definition) is 2. The summed E-state index contributed by atoms with van der Waals surface area (Å²) in [6.07, 6.45) is 2.14. The Bertz CT molecular complexity index is 277. The van der Waals surface area contributed by atoms with Gasteiger partial charge >= 0.3 is 0 Å². The molecule has 1 aromatic carbocycles. The molecule has 0 aliphatic rings. The Morgan fingerprint density at radius 1 is 1.13 bits per heavy atom. The lowest BCUT2D eigenvalue weighted by Gasteiger charge is -2.22. The maximum Gasteiger partial charge on any atom is 0.0252 e. The number of rotatable bonds is 5. The Kier molecular flexibility index (Phi) is 4.79. The van der Waals surface area contributed by atoms with E-state index < -0.39 is 0 Å². The minimum atomic E-state index is 0.442. The van der Waals surface area contributed by atoms with Crippen LogP contribution in [0.4, 0.5) is 0 Å². The highest BCUT2D eigenvalue weighted by Gasteiger charge is 2.09. The van der Waals surface area contributed by atoms with E-state index >= 15 is 0 Å². The van der Waals surface area contributed by atoms with Gasteiger partial charge in [0.15, 0.2) is 0 Å². The number of aryl methyl sites for hydroxylation is 1. The molecule has 2 nitrogen and oxygen atoms in total. The van der Waals surface area contributed by atoms with Crippen LogP contribution in [0.5, 0.6) is 0 Å². The summed E-state index contributed by atoms with van der Waals surface area (Å²) in [6.45, 7) is 2.89. The highest BCUT2D eigenvalue weighted by Crippen LogP contribution is 2.09. The molecular weight excluding hydrogens is 184 g/mol. The molecule has 0 heterocycles. The topological polar surface area (TPSA) is 29.3 Å². The van der Waals surface area contributed by atoms with E-state index in [-0.39, 0.29) is 0 Å². The number of likely N-dealkylation sites (N-methyl/N-ethyl adjacent to an activating group) is 1. The van der Waals surface area contributed by atoms with E-state index in [0.717, 1.165) is 12.8 Å². The minimum absolute atomic E-state index is 0.442. The van der Waals surface area contributed by atoms with Crippen LogP contribution in [0.3, 0.4) is 0 Å². The van der Waals surface area contributed by atoms with Crippen molar-refractivity contribution >= 4 is 0 Å². The maximum absolute atomic E-state index is 5.74. The normalized spacial score (nSPS) is 13.1. The van der Waals surface area contributed by atoms with Crippen LogP contribution in [-0.2, 0) is 12.8 Å². The van der Waals surface area contributed by atoms with Gasteiger partial charge in [0.05, 0.1) is 0 Å². The van der Waals surface area contributed by atoms with E-state index in [9.17, 15) is 0 Å². The summed E-state index contributed by atoms with van der Waals surface area (Å²) in [5, 5.41) is 0. The number of nitrogens with zero attached hydrogens (tertiary/aromatic N) is 1. The first-order valence-electron chi connectivity index (χ1n) is 5.61. The first kappa shape index (κ1) is 12.2. The average Bonchev–Trinajstić information content (AvgIpc) is 2.26. The lowest BCUT2D eigenvalue weighted by atomic mass is 10.0. The van der Waals surface area contributed by atoms with Crippen molar-refractivity contribution in [2.45, 2.75) is 25.8 Å². The third kappa shape index (κ3) is 3.65. The Morgan fingerprint density at radius 2 is 1.67 bits per heavy atom. The fraction of sp³-hybridized carbons (Fsp3) is 0.538. The van der Waals surface area contributed by atoms with Crippen LogP contribution >= 0.6 is 0 Å². The average molecular weight is 206 g/mol. The molecule has 2 heteroatoms. The van der Waals surface area contributed by atoms with Crippen LogP contribution in [0.15, 0.2) is 24.3 Å². The molecular formula is C13H22N2. The van der Waals surface area contributed by atoms with Crippen molar-refractivity contribution in [3.63, 3.8) is 0 Å². The van der Waals surface area contributed by atoms with E-state index in [2.05, 4.69) is 50.2 Å². The SMILES string of the molecule is CCc1ccc(CC(CN)N(C)C)cc1. The lowest BCUT2D eigenvalue weighted by Crippen LogP contribution is -2.36. The number of nitrogens with two attached hydrogens (primary N) is 1. The van der Waals surface area contributed by atoms with Crippen LogP contribution < -0.4 is 5.73 Å². The highest BCUT2D eigenvalue weighted by molar-refractivity contribution is 5.23. The van der Waals surface area contributed by atoms with Gasteiger partial charge in [-0.3, -0.25) is 0 Å². The molecule has 0 fully saturated rings. The van der Waals surface area contributed by atoms with E-state index in [0.29, 0.717) is 12.6 Å². The van der Waals surface area contributed by atoms with Gasteiger partial charge in [0.25, 0.3) is 0 Å². The van der Waals surface area contributed by atoms with Crippen molar-refractivity contribution in [2.24, 2.45) is 5.73 Å². The van der Waals surface area contributed by atoms with Crippen LogP contribution in [-0.4, -0.2) is 31.6 Å². The molecule has 0 aliphatic heterocycles. The van der Waals surface area contributed by atoms with E-state index in [4.69, 9.17) is 5.73 Å². The molecule has 0 saturated carbocycles. The molecule has 0 aromatic heterocycles. The van der Waals surface area contributed by atoms with Gasteiger partial charge in [-0.15, -0.1) is 0 Å². The lowest BCUT2D eigenvalue weighted by molar-refractivity contribution is 0.298. The molecule has 1 aromatic rings. The summed E-state index contributed by atoms with van der Waals surface area (Å²) in [7, 11) is 4.16. The first-order chi connectivity index (χ1) is 7.17. The van der Waals surface area contributed by atoms with Crippen LogP contribution in [0.25, 0.3) is 0 Å².